The van der Waals surface area contributed by atoms with Gasteiger partial charge in [0.25, 0.3) is 0 Å². The minimum absolute atomic E-state index is 0.216. The van der Waals surface area contributed by atoms with Crippen LogP contribution in [0.5, 0.6) is 0 Å². The van der Waals surface area contributed by atoms with Crippen LogP contribution in [0.25, 0.3) is 0 Å². The standard InChI is InChI=1S/C64H113NO8/c1-3-5-7-9-11-13-15-17-19-21-22-23-24-25-26-27-28-29-30-31-32-33-34-35-36-38-39-41-43-45-47-49-51-53-58(67)57(56-72-64-63(71)62(70)61(69)59(55-66)73-64)65-60(68)54-52-50-48-46-44-42-40-37-20-18-16-14-12-10-8-6-4-2/h6,8,12,14,18,20,36,38,40,42-43,45,51,53,57-59,61-64,66-67,69-71H,3-5,7,9-11,13,15-17,19,21-35,37,39,41,44,46-50,52,54-56H2,1-2H3,(H,65,68)/b8-6-,14-12-,20-18-,38-36+,42-40-,45-43+,53-51+. The van der Waals surface area contributed by atoms with E-state index in [2.05, 4.69) is 92.1 Å². The van der Waals surface area contributed by atoms with Crippen LogP contribution < -0.4 is 5.32 Å². The zero-order chi connectivity index (χ0) is 52.9. The Kier molecular flexibility index (Phi) is 49.5. The zero-order valence-electron chi connectivity index (χ0n) is 46.9. The lowest BCUT2D eigenvalue weighted by Gasteiger charge is -2.40. The molecular formula is C64H113NO8. The van der Waals surface area contributed by atoms with Gasteiger partial charge >= 0.3 is 0 Å². The van der Waals surface area contributed by atoms with Crippen LogP contribution in [-0.2, 0) is 14.3 Å². The second-order valence-electron chi connectivity index (χ2n) is 20.7. The number of carbonyl (C=O) groups excluding carboxylic acids is 1. The largest absolute Gasteiger partial charge is 0.394 e. The van der Waals surface area contributed by atoms with Crippen LogP contribution in [0.2, 0.25) is 0 Å². The fraction of sp³-hybridized carbons (Fsp3) is 0.766. The summed E-state index contributed by atoms with van der Waals surface area (Å²) in [6.45, 7) is 3.64. The van der Waals surface area contributed by atoms with Gasteiger partial charge in [0.1, 0.15) is 24.4 Å². The number of hydrogen-bond donors (Lipinski definition) is 6. The Morgan fingerprint density at radius 2 is 0.863 bits per heavy atom. The van der Waals surface area contributed by atoms with E-state index in [1.807, 2.05) is 6.08 Å². The van der Waals surface area contributed by atoms with E-state index < -0.39 is 49.5 Å². The minimum Gasteiger partial charge on any atom is -0.394 e. The SMILES string of the molecule is CC/C=C\C/C=C\C/C=C\C/C=C\CCCCCCC(=O)NC(COC1OC(CO)C(O)C(O)C1O)C(O)/C=C/CC/C=C/CC/C=C/CCCCCCCCCCCCCCCCCCCCCCCCC. The van der Waals surface area contributed by atoms with Crippen molar-refractivity contribution >= 4 is 5.91 Å². The normalized spacial score (nSPS) is 19.7. The molecule has 0 aromatic heterocycles. The van der Waals surface area contributed by atoms with Gasteiger partial charge < -0.3 is 40.3 Å². The van der Waals surface area contributed by atoms with Crippen molar-refractivity contribution in [2.24, 2.45) is 0 Å². The lowest BCUT2D eigenvalue weighted by atomic mass is 9.99. The van der Waals surface area contributed by atoms with Gasteiger partial charge in [-0.25, -0.2) is 0 Å². The topological polar surface area (TPSA) is 149 Å². The van der Waals surface area contributed by atoms with Crippen molar-refractivity contribution in [3.63, 3.8) is 0 Å². The van der Waals surface area contributed by atoms with Crippen LogP contribution in [0.15, 0.2) is 85.1 Å². The highest BCUT2D eigenvalue weighted by Gasteiger charge is 2.44. The summed E-state index contributed by atoms with van der Waals surface area (Å²) in [5, 5.41) is 54.5. The minimum atomic E-state index is -1.58. The molecule has 9 nitrogen and oxygen atoms in total. The van der Waals surface area contributed by atoms with Crippen molar-refractivity contribution in [3.05, 3.63) is 85.1 Å². The number of allylic oxidation sites excluding steroid dienone is 13. The number of amides is 1. The van der Waals surface area contributed by atoms with Crippen LogP contribution in [0.4, 0.5) is 0 Å². The van der Waals surface area contributed by atoms with Gasteiger partial charge in [-0.3, -0.25) is 4.79 Å². The molecule has 1 saturated heterocycles. The van der Waals surface area contributed by atoms with Crippen molar-refractivity contribution in [2.45, 2.75) is 301 Å². The molecule has 0 aromatic carbocycles. The first-order valence-corrected chi connectivity index (χ1v) is 30.3. The van der Waals surface area contributed by atoms with E-state index in [9.17, 15) is 30.3 Å². The summed E-state index contributed by atoms with van der Waals surface area (Å²) >= 11 is 0. The summed E-state index contributed by atoms with van der Waals surface area (Å²) in [6.07, 6.45) is 68.2. The summed E-state index contributed by atoms with van der Waals surface area (Å²) in [7, 11) is 0. The molecule has 0 saturated carbocycles. The molecule has 9 heteroatoms. The number of unbranched alkanes of at least 4 members (excludes halogenated alkanes) is 29. The van der Waals surface area contributed by atoms with Crippen LogP contribution in [0.1, 0.15) is 258 Å². The average Bonchev–Trinajstić information content (AvgIpc) is 3.39. The van der Waals surface area contributed by atoms with Gasteiger partial charge in [0.15, 0.2) is 6.29 Å². The van der Waals surface area contributed by atoms with E-state index in [1.54, 1.807) is 6.08 Å². The number of ether oxygens (including phenoxy) is 2. The molecule has 1 amide bonds. The van der Waals surface area contributed by atoms with E-state index in [1.165, 1.54) is 154 Å². The number of nitrogens with one attached hydrogen (secondary N) is 1. The molecule has 7 atom stereocenters. The summed E-state index contributed by atoms with van der Waals surface area (Å²) in [4.78, 5) is 13.0. The van der Waals surface area contributed by atoms with Crippen molar-refractivity contribution < 1.29 is 39.8 Å². The highest BCUT2D eigenvalue weighted by atomic mass is 16.7. The second kappa shape index (κ2) is 52.8. The molecule has 1 aliphatic heterocycles. The van der Waals surface area contributed by atoms with Gasteiger partial charge in [0, 0.05) is 6.42 Å². The van der Waals surface area contributed by atoms with E-state index in [0.717, 1.165) is 77.0 Å². The molecule has 1 heterocycles. The molecule has 0 aromatic rings. The van der Waals surface area contributed by atoms with Gasteiger partial charge in [-0.05, 0) is 83.5 Å². The molecular weight excluding hydrogens is 911 g/mol. The summed E-state index contributed by atoms with van der Waals surface area (Å²) in [5.41, 5.74) is 0. The second-order valence-corrected chi connectivity index (χ2v) is 20.7. The summed E-state index contributed by atoms with van der Waals surface area (Å²) in [6, 6.07) is -0.847. The van der Waals surface area contributed by atoms with E-state index in [4.69, 9.17) is 9.47 Å². The third kappa shape index (κ3) is 42.2. The maximum absolute atomic E-state index is 13.0. The predicted molar refractivity (Wildman–Crippen MR) is 308 cm³/mol. The first kappa shape index (κ1) is 68.4. The number of aliphatic hydroxyl groups is 5. The first-order valence-electron chi connectivity index (χ1n) is 30.3. The first-order chi connectivity index (χ1) is 35.8. The van der Waals surface area contributed by atoms with Gasteiger partial charge in [-0.15, -0.1) is 0 Å². The van der Waals surface area contributed by atoms with Gasteiger partial charge in [0.05, 0.1) is 25.4 Å². The Hall–Kier alpha value is -2.63. The van der Waals surface area contributed by atoms with Crippen LogP contribution in [0.3, 0.4) is 0 Å². The van der Waals surface area contributed by atoms with Gasteiger partial charge in [-0.2, -0.15) is 0 Å². The number of rotatable bonds is 51. The molecule has 422 valence electrons. The molecule has 1 rings (SSSR count). The lowest BCUT2D eigenvalue weighted by molar-refractivity contribution is -0.302. The fourth-order valence-electron chi connectivity index (χ4n) is 9.18. The van der Waals surface area contributed by atoms with Crippen molar-refractivity contribution in [1.29, 1.82) is 0 Å². The Labute approximate surface area is 448 Å². The molecule has 0 aliphatic carbocycles. The highest BCUT2D eigenvalue weighted by molar-refractivity contribution is 5.76. The Bertz CT molecular complexity index is 1420. The maximum atomic E-state index is 13.0. The molecule has 1 aliphatic rings. The third-order valence-corrected chi connectivity index (χ3v) is 13.9. The van der Waals surface area contributed by atoms with Gasteiger partial charge in [-0.1, -0.05) is 253 Å². The van der Waals surface area contributed by atoms with E-state index >= 15 is 0 Å². The zero-order valence-corrected chi connectivity index (χ0v) is 46.9. The van der Waals surface area contributed by atoms with Crippen LogP contribution in [-0.4, -0.2) is 87.5 Å². The monoisotopic (exact) mass is 1020 g/mol. The number of aliphatic hydroxyl groups excluding tert-OH is 5. The van der Waals surface area contributed by atoms with Crippen molar-refractivity contribution in [1.82, 2.24) is 5.32 Å². The average molecular weight is 1020 g/mol. The summed E-state index contributed by atoms with van der Waals surface area (Å²) in [5.74, 6) is -0.216. The quantitative estimate of drug-likeness (QED) is 0.0261. The number of hydrogen-bond acceptors (Lipinski definition) is 8. The maximum Gasteiger partial charge on any atom is 0.220 e. The smallest absolute Gasteiger partial charge is 0.220 e. The van der Waals surface area contributed by atoms with Crippen LogP contribution in [0, 0.1) is 0 Å². The Morgan fingerprint density at radius 1 is 0.479 bits per heavy atom. The Morgan fingerprint density at radius 3 is 1.32 bits per heavy atom. The van der Waals surface area contributed by atoms with Crippen molar-refractivity contribution in [3.8, 4) is 0 Å². The highest BCUT2D eigenvalue weighted by Crippen LogP contribution is 2.23. The molecule has 6 N–H and O–H groups in total. The molecule has 7 unspecified atom stereocenters. The molecule has 0 radical (unpaired) electrons. The molecule has 0 bridgehead atoms. The van der Waals surface area contributed by atoms with E-state index in [0.29, 0.717) is 12.8 Å². The fourth-order valence-corrected chi connectivity index (χ4v) is 9.18. The van der Waals surface area contributed by atoms with Gasteiger partial charge in [0.2, 0.25) is 5.91 Å². The summed E-state index contributed by atoms with van der Waals surface area (Å²) < 4.78 is 11.2. The lowest BCUT2D eigenvalue weighted by Crippen LogP contribution is -2.60. The third-order valence-electron chi connectivity index (χ3n) is 13.9. The Balaban J connectivity index is 2.21. The van der Waals surface area contributed by atoms with Crippen LogP contribution >= 0.6 is 0 Å². The molecule has 1 fully saturated rings. The molecule has 0 spiro atoms. The molecule has 73 heavy (non-hydrogen) atoms. The number of carbonyl (C=O) groups is 1. The van der Waals surface area contributed by atoms with E-state index in [-0.39, 0.29) is 12.5 Å². The predicted octanol–water partition coefficient (Wildman–Crippen LogP) is 15.4. The van der Waals surface area contributed by atoms with Crippen molar-refractivity contribution in [2.75, 3.05) is 13.2 Å².